The molecule has 0 aromatic heterocycles. The van der Waals surface area contributed by atoms with Gasteiger partial charge in [0, 0.05) is 12.6 Å². The number of halogens is 1. The van der Waals surface area contributed by atoms with Crippen LogP contribution in [0.1, 0.15) is 31.2 Å². The summed E-state index contributed by atoms with van der Waals surface area (Å²) in [6.45, 7) is 0.597. The van der Waals surface area contributed by atoms with Gasteiger partial charge in [-0.3, -0.25) is 9.69 Å². The first-order valence-corrected chi connectivity index (χ1v) is 6.87. The van der Waals surface area contributed by atoms with Crippen molar-refractivity contribution in [3.8, 4) is 5.75 Å². The summed E-state index contributed by atoms with van der Waals surface area (Å²) < 4.78 is 0. The van der Waals surface area contributed by atoms with Crippen molar-refractivity contribution in [3.05, 3.63) is 28.8 Å². The molecule has 1 aliphatic rings. The monoisotopic (exact) mass is 283 g/mol. The van der Waals surface area contributed by atoms with Gasteiger partial charge in [0.2, 0.25) is 0 Å². The summed E-state index contributed by atoms with van der Waals surface area (Å²) in [6, 6.07) is 5.36. The maximum atomic E-state index is 11.0. The van der Waals surface area contributed by atoms with Gasteiger partial charge in [0.05, 0.1) is 11.6 Å². The summed E-state index contributed by atoms with van der Waals surface area (Å²) in [4.78, 5) is 13.0. The third kappa shape index (κ3) is 3.85. The Morgan fingerprint density at radius 3 is 2.63 bits per heavy atom. The van der Waals surface area contributed by atoms with E-state index >= 15 is 0 Å². The zero-order valence-electron chi connectivity index (χ0n) is 10.7. The molecular weight excluding hydrogens is 266 g/mol. The number of phenols is 1. The van der Waals surface area contributed by atoms with Crippen molar-refractivity contribution in [2.75, 3.05) is 6.54 Å². The van der Waals surface area contributed by atoms with Crippen LogP contribution in [0, 0.1) is 0 Å². The van der Waals surface area contributed by atoms with Crippen molar-refractivity contribution in [1.82, 2.24) is 4.90 Å². The van der Waals surface area contributed by atoms with Gasteiger partial charge in [-0.05, 0) is 30.5 Å². The highest BCUT2D eigenvalue weighted by atomic mass is 35.5. The second-order valence-corrected chi connectivity index (χ2v) is 5.43. The SMILES string of the molecule is O=C(O)CN(Cc1ccc(O)c(Cl)c1)C1CCCC1. The van der Waals surface area contributed by atoms with Crippen LogP contribution in [0.2, 0.25) is 5.02 Å². The number of aromatic hydroxyl groups is 1. The molecular formula is C14H18ClNO3. The minimum atomic E-state index is -0.809. The van der Waals surface area contributed by atoms with E-state index in [2.05, 4.69) is 0 Å². The smallest absolute Gasteiger partial charge is 0.317 e. The molecule has 4 nitrogen and oxygen atoms in total. The average molecular weight is 284 g/mol. The normalized spacial score (nSPS) is 16.1. The van der Waals surface area contributed by atoms with Gasteiger partial charge in [-0.1, -0.05) is 30.5 Å². The Morgan fingerprint density at radius 1 is 1.37 bits per heavy atom. The van der Waals surface area contributed by atoms with Crippen molar-refractivity contribution in [2.45, 2.75) is 38.3 Å². The van der Waals surface area contributed by atoms with Crippen molar-refractivity contribution in [3.63, 3.8) is 0 Å². The number of benzene rings is 1. The molecule has 1 saturated carbocycles. The molecule has 0 bridgehead atoms. The number of aliphatic carboxylic acids is 1. The van der Waals surface area contributed by atoms with Crippen LogP contribution in [0.25, 0.3) is 0 Å². The Hall–Kier alpha value is -1.26. The minimum absolute atomic E-state index is 0.0448. The first-order valence-electron chi connectivity index (χ1n) is 6.49. The molecule has 0 saturated heterocycles. The van der Waals surface area contributed by atoms with E-state index in [1.807, 2.05) is 4.90 Å². The lowest BCUT2D eigenvalue weighted by Crippen LogP contribution is -2.37. The number of carboxylic acids is 1. The molecule has 104 valence electrons. The highest BCUT2D eigenvalue weighted by molar-refractivity contribution is 6.32. The van der Waals surface area contributed by atoms with E-state index in [-0.39, 0.29) is 12.3 Å². The molecule has 0 heterocycles. The third-order valence-corrected chi connectivity index (χ3v) is 3.88. The number of phenolic OH excluding ortho intramolecular Hbond substituents is 1. The van der Waals surface area contributed by atoms with Crippen LogP contribution in [0.4, 0.5) is 0 Å². The molecule has 1 aromatic carbocycles. The lowest BCUT2D eigenvalue weighted by molar-refractivity contribution is -0.139. The van der Waals surface area contributed by atoms with Gasteiger partial charge in [0.25, 0.3) is 0 Å². The first-order chi connectivity index (χ1) is 9.06. The molecule has 1 aromatic rings. The standard InChI is InChI=1S/C14H18ClNO3/c15-12-7-10(5-6-13(12)17)8-16(9-14(18)19)11-3-1-2-4-11/h5-7,11,17H,1-4,8-9H2,(H,18,19). The second kappa shape index (κ2) is 6.26. The number of nitrogens with zero attached hydrogens (tertiary/aromatic N) is 1. The Morgan fingerprint density at radius 2 is 2.05 bits per heavy atom. The van der Waals surface area contributed by atoms with E-state index in [0.29, 0.717) is 17.6 Å². The molecule has 0 unspecified atom stereocenters. The van der Waals surface area contributed by atoms with Crippen LogP contribution in [-0.2, 0) is 11.3 Å². The van der Waals surface area contributed by atoms with E-state index in [9.17, 15) is 9.90 Å². The van der Waals surface area contributed by atoms with E-state index < -0.39 is 5.97 Å². The van der Waals surface area contributed by atoms with Crippen molar-refractivity contribution < 1.29 is 15.0 Å². The number of rotatable bonds is 5. The Balaban J connectivity index is 2.09. The first kappa shape index (κ1) is 14.2. The summed E-state index contributed by atoms with van der Waals surface area (Å²) >= 11 is 5.88. The van der Waals surface area contributed by atoms with Gasteiger partial charge >= 0.3 is 5.97 Å². The Kier molecular flexibility index (Phi) is 4.66. The molecule has 1 fully saturated rings. The Labute approximate surface area is 117 Å². The Bertz CT molecular complexity index is 458. The van der Waals surface area contributed by atoms with Gasteiger partial charge in [0.1, 0.15) is 5.75 Å². The molecule has 0 spiro atoms. The molecule has 19 heavy (non-hydrogen) atoms. The molecule has 5 heteroatoms. The molecule has 0 radical (unpaired) electrons. The fourth-order valence-electron chi connectivity index (χ4n) is 2.64. The van der Waals surface area contributed by atoms with E-state index in [4.69, 9.17) is 16.7 Å². The maximum Gasteiger partial charge on any atom is 0.317 e. The summed E-state index contributed by atoms with van der Waals surface area (Å²) in [6.07, 6.45) is 4.44. The number of hydrogen-bond donors (Lipinski definition) is 2. The van der Waals surface area contributed by atoms with Gasteiger partial charge in [-0.15, -0.1) is 0 Å². The predicted octanol–water partition coefficient (Wildman–Crippen LogP) is 2.87. The van der Waals surface area contributed by atoms with Gasteiger partial charge < -0.3 is 10.2 Å². The lowest BCUT2D eigenvalue weighted by Gasteiger charge is -2.27. The topological polar surface area (TPSA) is 60.8 Å². The molecule has 2 rings (SSSR count). The predicted molar refractivity (Wildman–Crippen MR) is 73.4 cm³/mol. The van der Waals surface area contributed by atoms with Crippen LogP contribution < -0.4 is 0 Å². The molecule has 0 amide bonds. The summed E-state index contributed by atoms with van der Waals surface area (Å²) in [5.74, 6) is -0.757. The van der Waals surface area contributed by atoms with Gasteiger partial charge in [-0.2, -0.15) is 0 Å². The number of carboxylic acid groups (broad SMARTS) is 1. The fraction of sp³-hybridized carbons (Fsp3) is 0.500. The molecule has 2 N–H and O–H groups in total. The van der Waals surface area contributed by atoms with Crippen LogP contribution in [0.3, 0.4) is 0 Å². The van der Waals surface area contributed by atoms with Crippen LogP contribution >= 0.6 is 11.6 Å². The quantitative estimate of drug-likeness (QED) is 0.872. The largest absolute Gasteiger partial charge is 0.506 e. The zero-order valence-corrected chi connectivity index (χ0v) is 11.4. The van der Waals surface area contributed by atoms with Crippen molar-refractivity contribution in [1.29, 1.82) is 0 Å². The highest BCUT2D eigenvalue weighted by Crippen LogP contribution is 2.27. The lowest BCUT2D eigenvalue weighted by atomic mass is 10.1. The summed E-state index contributed by atoms with van der Waals surface area (Å²) in [5.41, 5.74) is 0.927. The van der Waals surface area contributed by atoms with Crippen molar-refractivity contribution in [2.24, 2.45) is 0 Å². The minimum Gasteiger partial charge on any atom is -0.506 e. The third-order valence-electron chi connectivity index (χ3n) is 3.58. The van der Waals surface area contributed by atoms with Gasteiger partial charge in [-0.25, -0.2) is 0 Å². The fourth-order valence-corrected chi connectivity index (χ4v) is 2.84. The number of hydrogen-bond acceptors (Lipinski definition) is 3. The highest BCUT2D eigenvalue weighted by Gasteiger charge is 2.24. The second-order valence-electron chi connectivity index (χ2n) is 5.02. The number of carbonyl (C=O) groups is 1. The maximum absolute atomic E-state index is 11.0. The average Bonchev–Trinajstić information content (AvgIpc) is 2.86. The van der Waals surface area contributed by atoms with Crippen LogP contribution in [0.15, 0.2) is 18.2 Å². The van der Waals surface area contributed by atoms with Crippen LogP contribution in [-0.4, -0.2) is 33.7 Å². The summed E-state index contributed by atoms with van der Waals surface area (Å²) in [7, 11) is 0. The van der Waals surface area contributed by atoms with Gasteiger partial charge in [0.15, 0.2) is 0 Å². The molecule has 1 aliphatic carbocycles. The molecule has 0 atom stereocenters. The van der Waals surface area contributed by atoms with Crippen LogP contribution in [0.5, 0.6) is 5.75 Å². The van der Waals surface area contributed by atoms with E-state index in [0.717, 1.165) is 31.2 Å². The summed E-state index contributed by atoms with van der Waals surface area (Å²) in [5, 5.41) is 18.7. The van der Waals surface area contributed by atoms with E-state index in [1.165, 1.54) is 0 Å². The van der Waals surface area contributed by atoms with E-state index in [1.54, 1.807) is 18.2 Å². The zero-order chi connectivity index (χ0) is 13.8. The van der Waals surface area contributed by atoms with Crippen molar-refractivity contribution >= 4 is 17.6 Å². The molecule has 0 aliphatic heterocycles.